The van der Waals surface area contributed by atoms with Crippen molar-refractivity contribution in [3.63, 3.8) is 0 Å². The normalized spacial score (nSPS) is 16.7. The van der Waals surface area contributed by atoms with E-state index in [1.54, 1.807) is 26.1 Å². The summed E-state index contributed by atoms with van der Waals surface area (Å²) in [6.07, 6.45) is 3.08. The lowest BCUT2D eigenvalue weighted by Crippen LogP contribution is -2.43. The van der Waals surface area contributed by atoms with Crippen LogP contribution in [-0.4, -0.2) is 42.8 Å². The number of hydrogen-bond acceptors (Lipinski definition) is 5. The zero-order chi connectivity index (χ0) is 21.7. The highest BCUT2D eigenvalue weighted by atomic mass is 32.2. The number of thioether (sulfide) groups is 1. The number of imide groups is 1. The van der Waals surface area contributed by atoms with Crippen molar-refractivity contribution in [2.24, 2.45) is 0 Å². The van der Waals surface area contributed by atoms with Crippen molar-refractivity contribution in [2.75, 3.05) is 4.90 Å². The topological polar surface area (TPSA) is 82.2 Å². The second-order valence-electron chi connectivity index (χ2n) is 7.18. The van der Waals surface area contributed by atoms with E-state index in [1.165, 1.54) is 35.5 Å². The number of benzene rings is 1. The molecule has 1 fully saturated rings. The van der Waals surface area contributed by atoms with Crippen molar-refractivity contribution in [1.82, 2.24) is 19.9 Å². The number of hydrogen-bond donors (Lipinski definition) is 1. The third-order valence-electron chi connectivity index (χ3n) is 4.88. The molecule has 11 heteroatoms. The Balaban J connectivity index is 1.63. The van der Waals surface area contributed by atoms with Crippen LogP contribution >= 0.6 is 11.8 Å². The molecule has 2 aromatic heterocycles. The maximum absolute atomic E-state index is 13.1. The third kappa shape index (κ3) is 3.49. The first-order chi connectivity index (χ1) is 14.1. The number of imidazole rings is 1. The molecule has 1 aliphatic heterocycles. The van der Waals surface area contributed by atoms with Gasteiger partial charge in [-0.15, -0.1) is 0 Å². The third-order valence-corrected chi connectivity index (χ3v) is 5.62. The van der Waals surface area contributed by atoms with Gasteiger partial charge in [0.2, 0.25) is 0 Å². The number of aromatic nitrogens is 3. The summed E-state index contributed by atoms with van der Waals surface area (Å²) in [7, 11) is 0. The number of aromatic amines is 1. The molecule has 1 saturated heterocycles. The summed E-state index contributed by atoms with van der Waals surface area (Å²) >= 11 is -0.257. The Morgan fingerprint density at radius 1 is 1.10 bits per heavy atom. The first-order valence-corrected chi connectivity index (χ1v) is 9.68. The van der Waals surface area contributed by atoms with E-state index < -0.39 is 23.0 Å². The fourth-order valence-corrected chi connectivity index (χ4v) is 3.86. The summed E-state index contributed by atoms with van der Waals surface area (Å²) in [4.78, 5) is 39.8. The van der Waals surface area contributed by atoms with Crippen molar-refractivity contribution in [3.8, 4) is 0 Å². The van der Waals surface area contributed by atoms with Gasteiger partial charge in [-0.3, -0.25) is 4.79 Å². The summed E-state index contributed by atoms with van der Waals surface area (Å²) in [6, 6.07) is 6.31. The van der Waals surface area contributed by atoms with Crippen LogP contribution in [0.25, 0.3) is 11.2 Å². The molecule has 1 N–H and O–H groups in total. The van der Waals surface area contributed by atoms with Crippen LogP contribution in [0.4, 0.5) is 23.7 Å². The average Bonchev–Trinajstić information content (AvgIpc) is 3.20. The van der Waals surface area contributed by atoms with E-state index in [9.17, 15) is 22.8 Å². The number of carbonyl (C=O) groups is 2. The van der Waals surface area contributed by atoms with Gasteiger partial charge in [0, 0.05) is 16.7 Å². The molecule has 0 aliphatic carbocycles. The van der Waals surface area contributed by atoms with E-state index in [0.717, 1.165) is 4.90 Å². The summed E-state index contributed by atoms with van der Waals surface area (Å²) in [6.45, 7) is 3.38. The standard InChI is InChI=1S/C19H16F3N5O2S/c1-18(2)16(28)27(12-3-5-13(6-4-12)30-19(20,21)22)17(29)26(18)9-11-7-8-23-15-14(11)24-10-25-15/h3-8,10H,9H2,1-2H3,(H,23,24,25). The number of anilines is 1. The van der Waals surface area contributed by atoms with Crippen molar-refractivity contribution < 1.29 is 22.8 Å². The molecular weight excluding hydrogens is 419 g/mol. The van der Waals surface area contributed by atoms with Gasteiger partial charge in [0.25, 0.3) is 5.91 Å². The molecule has 0 unspecified atom stereocenters. The summed E-state index contributed by atoms with van der Waals surface area (Å²) in [5.41, 5.74) is -3.47. The molecule has 7 nitrogen and oxygen atoms in total. The van der Waals surface area contributed by atoms with Crippen LogP contribution in [-0.2, 0) is 11.3 Å². The first-order valence-electron chi connectivity index (χ1n) is 8.87. The molecule has 0 spiro atoms. The van der Waals surface area contributed by atoms with Gasteiger partial charge in [-0.2, -0.15) is 13.2 Å². The Hall–Kier alpha value is -3.08. The monoisotopic (exact) mass is 435 g/mol. The fourth-order valence-electron chi connectivity index (χ4n) is 3.33. The quantitative estimate of drug-likeness (QED) is 0.488. The lowest BCUT2D eigenvalue weighted by atomic mass is 10.0. The van der Waals surface area contributed by atoms with Crippen LogP contribution in [0.3, 0.4) is 0 Å². The van der Waals surface area contributed by atoms with Gasteiger partial charge in [0.1, 0.15) is 11.1 Å². The maximum atomic E-state index is 13.1. The molecule has 0 saturated carbocycles. The van der Waals surface area contributed by atoms with Crippen LogP contribution in [0.15, 0.2) is 47.8 Å². The summed E-state index contributed by atoms with van der Waals surface area (Å²) in [5.74, 6) is -0.462. The molecule has 30 heavy (non-hydrogen) atoms. The van der Waals surface area contributed by atoms with E-state index >= 15 is 0 Å². The minimum atomic E-state index is -4.41. The molecule has 0 bridgehead atoms. The lowest BCUT2D eigenvalue weighted by molar-refractivity contribution is -0.123. The predicted molar refractivity (Wildman–Crippen MR) is 105 cm³/mol. The van der Waals surface area contributed by atoms with Crippen LogP contribution in [0.1, 0.15) is 19.4 Å². The zero-order valence-corrected chi connectivity index (χ0v) is 16.7. The predicted octanol–water partition coefficient (Wildman–Crippen LogP) is 4.32. The highest BCUT2D eigenvalue weighted by Crippen LogP contribution is 2.39. The van der Waals surface area contributed by atoms with Gasteiger partial charge in [-0.25, -0.2) is 19.7 Å². The highest BCUT2D eigenvalue weighted by Gasteiger charge is 2.51. The van der Waals surface area contributed by atoms with Crippen molar-refractivity contribution in [1.29, 1.82) is 0 Å². The van der Waals surface area contributed by atoms with Crippen LogP contribution in [0.2, 0.25) is 0 Å². The van der Waals surface area contributed by atoms with E-state index in [0.29, 0.717) is 16.7 Å². The number of H-pyrrole nitrogens is 1. The molecule has 4 rings (SSSR count). The molecule has 3 heterocycles. The number of alkyl halides is 3. The van der Waals surface area contributed by atoms with E-state index in [4.69, 9.17) is 0 Å². The number of nitrogens with zero attached hydrogens (tertiary/aromatic N) is 4. The highest BCUT2D eigenvalue weighted by molar-refractivity contribution is 8.00. The largest absolute Gasteiger partial charge is 0.446 e. The number of nitrogens with one attached hydrogen (secondary N) is 1. The number of fused-ring (bicyclic) bond motifs is 1. The smallest absolute Gasteiger partial charge is 0.329 e. The molecule has 0 radical (unpaired) electrons. The minimum absolute atomic E-state index is 0.0285. The fraction of sp³-hybridized carbons (Fsp3) is 0.263. The van der Waals surface area contributed by atoms with Crippen molar-refractivity contribution in [3.05, 3.63) is 48.4 Å². The van der Waals surface area contributed by atoms with Crippen LogP contribution in [0, 0.1) is 0 Å². The molecule has 1 aliphatic rings. The van der Waals surface area contributed by atoms with Gasteiger partial charge < -0.3 is 9.88 Å². The van der Waals surface area contributed by atoms with E-state index in [2.05, 4.69) is 15.0 Å². The SMILES string of the molecule is CC1(C)C(=O)N(c2ccc(SC(F)(F)F)cc2)C(=O)N1Cc1ccnc2[nH]cnc12. The van der Waals surface area contributed by atoms with E-state index in [1.807, 2.05) is 0 Å². The number of rotatable bonds is 4. The molecule has 1 aromatic carbocycles. The molecule has 3 amide bonds. The number of carbonyl (C=O) groups excluding carboxylic acids is 2. The number of amides is 3. The maximum Gasteiger partial charge on any atom is 0.446 e. The molecule has 156 valence electrons. The lowest BCUT2D eigenvalue weighted by Gasteiger charge is -2.27. The Kier molecular flexibility index (Phi) is 4.72. The van der Waals surface area contributed by atoms with Gasteiger partial charge >= 0.3 is 11.5 Å². The Labute approximate surface area is 173 Å². The first kappa shape index (κ1) is 20.2. The molecule has 0 atom stereocenters. The average molecular weight is 435 g/mol. The second kappa shape index (κ2) is 7.01. The number of urea groups is 1. The van der Waals surface area contributed by atoms with Gasteiger partial charge in [-0.1, -0.05) is 0 Å². The Bertz CT molecular complexity index is 1130. The van der Waals surface area contributed by atoms with Gasteiger partial charge in [0.15, 0.2) is 5.65 Å². The molecular formula is C19H16F3N5O2S. The second-order valence-corrected chi connectivity index (χ2v) is 8.32. The summed E-state index contributed by atoms with van der Waals surface area (Å²) in [5, 5.41) is 0. The summed E-state index contributed by atoms with van der Waals surface area (Å²) < 4.78 is 37.6. The Morgan fingerprint density at radius 2 is 1.80 bits per heavy atom. The molecule has 3 aromatic rings. The minimum Gasteiger partial charge on any atom is -0.329 e. The number of pyridine rings is 1. The number of halogens is 3. The van der Waals surface area contributed by atoms with E-state index in [-0.39, 0.29) is 28.9 Å². The van der Waals surface area contributed by atoms with Crippen LogP contribution in [0.5, 0.6) is 0 Å². The van der Waals surface area contributed by atoms with Crippen molar-refractivity contribution >= 4 is 40.6 Å². The zero-order valence-electron chi connectivity index (χ0n) is 15.9. The Morgan fingerprint density at radius 3 is 2.47 bits per heavy atom. The van der Waals surface area contributed by atoms with Gasteiger partial charge in [0.05, 0.1) is 18.6 Å². The van der Waals surface area contributed by atoms with Crippen molar-refractivity contribution in [2.45, 2.75) is 36.3 Å². The van der Waals surface area contributed by atoms with Crippen LogP contribution < -0.4 is 4.90 Å². The van der Waals surface area contributed by atoms with Gasteiger partial charge in [-0.05, 0) is 55.9 Å².